The van der Waals surface area contributed by atoms with Gasteiger partial charge in [0, 0.05) is 11.8 Å². The van der Waals surface area contributed by atoms with Crippen molar-refractivity contribution in [3.63, 3.8) is 0 Å². The lowest BCUT2D eigenvalue weighted by Crippen LogP contribution is -2.40. The summed E-state index contributed by atoms with van der Waals surface area (Å²) in [4.78, 5) is 39.7. The quantitative estimate of drug-likeness (QED) is 0.643. The lowest BCUT2D eigenvalue weighted by Gasteiger charge is -2.27. The van der Waals surface area contributed by atoms with Gasteiger partial charge in [0.15, 0.2) is 0 Å². The Kier molecular flexibility index (Phi) is 5.13. The van der Waals surface area contributed by atoms with E-state index < -0.39 is 23.3 Å². The lowest BCUT2D eigenvalue weighted by molar-refractivity contribution is -0.142. The van der Waals surface area contributed by atoms with Crippen LogP contribution in [0.2, 0.25) is 0 Å². The molecule has 2 aliphatic carbocycles. The molecule has 0 saturated carbocycles. The molecular formula is C26H24N2O4. The normalized spacial score (nSPS) is 16.1. The molecule has 6 heteroatoms. The highest BCUT2D eigenvalue weighted by Crippen LogP contribution is 2.33. The number of H-pyrrole nitrogens is 1. The summed E-state index contributed by atoms with van der Waals surface area (Å²) in [5.41, 5.74) is 3.73. The van der Waals surface area contributed by atoms with E-state index in [1.165, 1.54) is 21.4 Å². The number of aromatic nitrogens is 2. The van der Waals surface area contributed by atoms with Crippen LogP contribution in [0.3, 0.4) is 0 Å². The summed E-state index contributed by atoms with van der Waals surface area (Å²) >= 11 is 0. The number of benzene rings is 2. The van der Waals surface area contributed by atoms with E-state index in [0.29, 0.717) is 5.69 Å². The minimum atomic E-state index is -0.537. The van der Waals surface area contributed by atoms with Crippen molar-refractivity contribution in [1.82, 2.24) is 9.55 Å². The number of nitrogens with zero attached hydrogens (tertiary/aromatic N) is 1. The van der Waals surface area contributed by atoms with Crippen molar-refractivity contribution in [2.45, 2.75) is 38.6 Å². The number of nitrogens with one attached hydrogen (secondary N) is 1. The van der Waals surface area contributed by atoms with Gasteiger partial charge in [-0.15, -0.1) is 0 Å². The molecule has 0 aliphatic heterocycles. The van der Waals surface area contributed by atoms with E-state index in [9.17, 15) is 14.4 Å². The van der Waals surface area contributed by atoms with E-state index in [4.69, 9.17) is 4.74 Å². The topological polar surface area (TPSA) is 81.2 Å². The van der Waals surface area contributed by atoms with E-state index in [1.807, 2.05) is 18.2 Å². The highest BCUT2D eigenvalue weighted by molar-refractivity contribution is 5.76. The summed E-state index contributed by atoms with van der Waals surface area (Å²) in [5.74, 6) is -0.471. The predicted molar refractivity (Wildman–Crippen MR) is 123 cm³/mol. The average molecular weight is 428 g/mol. The molecule has 5 rings (SSSR count). The monoisotopic (exact) mass is 428 g/mol. The number of carbonyl (C=O) groups is 1. The maximum atomic E-state index is 13.0. The summed E-state index contributed by atoms with van der Waals surface area (Å²) in [6.07, 6.45) is 7.41. The third-order valence-corrected chi connectivity index (χ3v) is 6.24. The predicted octanol–water partition coefficient (Wildman–Crippen LogP) is 1.81. The second-order valence-corrected chi connectivity index (χ2v) is 8.18. The molecule has 6 nitrogen and oxygen atoms in total. The van der Waals surface area contributed by atoms with Crippen molar-refractivity contribution < 1.29 is 9.53 Å². The molecular weight excluding hydrogens is 404 g/mol. The van der Waals surface area contributed by atoms with Gasteiger partial charge in [0.2, 0.25) is 0 Å². The molecule has 0 saturated heterocycles. The van der Waals surface area contributed by atoms with Gasteiger partial charge in [-0.05, 0) is 65.0 Å². The van der Waals surface area contributed by atoms with Gasteiger partial charge in [0.05, 0.1) is 19.1 Å². The summed E-state index contributed by atoms with van der Waals surface area (Å²) in [7, 11) is 0. The number of esters is 1. The average Bonchev–Trinajstić information content (AvgIpc) is 2.78. The van der Waals surface area contributed by atoms with Gasteiger partial charge >= 0.3 is 11.7 Å². The van der Waals surface area contributed by atoms with Crippen LogP contribution < -0.4 is 21.7 Å². The number of carbonyl (C=O) groups excluding carboxylic acids is 1. The molecule has 32 heavy (non-hydrogen) atoms. The zero-order chi connectivity index (χ0) is 22.2. The summed E-state index contributed by atoms with van der Waals surface area (Å²) in [5, 5.41) is 2.32. The van der Waals surface area contributed by atoms with Gasteiger partial charge in [-0.2, -0.15) is 0 Å². The maximum Gasteiger partial charge on any atom is 0.329 e. The molecule has 2 aliphatic rings. The first-order chi connectivity index (χ1) is 15.6. The second kappa shape index (κ2) is 8.11. The molecule has 1 aromatic heterocycles. The standard InChI is InChI=1S/C26H24N2O4/c1-2-32-25(30)14-17-13-24(29)27-26(31)28(17)23-15-22-18-8-4-3-7-16(18)11-12-20(22)19-9-5-6-10-21(19)23/h5-6,8-13,15,23H,2-4,7,14H2,1H3,(H,27,29,31). The largest absolute Gasteiger partial charge is 0.466 e. The van der Waals surface area contributed by atoms with Gasteiger partial charge in [-0.3, -0.25) is 19.1 Å². The van der Waals surface area contributed by atoms with E-state index in [-0.39, 0.29) is 13.0 Å². The zero-order valence-electron chi connectivity index (χ0n) is 17.9. The third-order valence-electron chi connectivity index (χ3n) is 6.24. The lowest BCUT2D eigenvalue weighted by atomic mass is 9.84. The van der Waals surface area contributed by atoms with Crippen LogP contribution in [-0.2, 0) is 22.4 Å². The van der Waals surface area contributed by atoms with E-state index in [2.05, 4.69) is 35.3 Å². The molecule has 0 bridgehead atoms. The summed E-state index contributed by atoms with van der Waals surface area (Å²) < 4.78 is 6.60. The highest BCUT2D eigenvalue weighted by atomic mass is 16.5. The Morgan fingerprint density at radius 2 is 1.97 bits per heavy atom. The number of hydrogen-bond donors (Lipinski definition) is 1. The van der Waals surface area contributed by atoms with Crippen LogP contribution >= 0.6 is 0 Å². The van der Waals surface area contributed by atoms with E-state index >= 15 is 0 Å². The van der Waals surface area contributed by atoms with E-state index in [0.717, 1.165) is 41.2 Å². The smallest absolute Gasteiger partial charge is 0.329 e. The minimum Gasteiger partial charge on any atom is -0.466 e. The molecule has 0 fully saturated rings. The SMILES string of the molecule is CCOC(=O)Cc1cc(=O)[nH]c(=O)n1C1C=c2c(ccc3c2=CCCC3)-c2ccccc21. The third kappa shape index (κ3) is 3.42. The van der Waals surface area contributed by atoms with Crippen LogP contribution in [-0.4, -0.2) is 22.1 Å². The first-order valence-electron chi connectivity index (χ1n) is 11.0. The van der Waals surface area contributed by atoms with Crippen LogP contribution in [0.25, 0.3) is 23.3 Å². The molecule has 3 aromatic rings. The van der Waals surface area contributed by atoms with Gasteiger partial charge in [0.25, 0.3) is 5.56 Å². The van der Waals surface area contributed by atoms with Crippen molar-refractivity contribution in [1.29, 1.82) is 0 Å². The van der Waals surface area contributed by atoms with Crippen molar-refractivity contribution in [2.75, 3.05) is 6.61 Å². The molecule has 1 unspecified atom stereocenters. The number of aromatic amines is 1. The number of ether oxygens (including phenoxy) is 1. The van der Waals surface area contributed by atoms with Crippen molar-refractivity contribution in [3.05, 3.63) is 90.6 Å². The minimum absolute atomic E-state index is 0.147. The Hall–Kier alpha value is -3.67. The number of rotatable bonds is 4. The van der Waals surface area contributed by atoms with Crippen molar-refractivity contribution >= 4 is 18.1 Å². The Balaban J connectivity index is 1.80. The molecule has 0 amide bonds. The maximum absolute atomic E-state index is 13.0. The van der Waals surface area contributed by atoms with Gasteiger partial charge in [-0.25, -0.2) is 4.79 Å². The molecule has 0 radical (unpaired) electrons. The fraction of sp³-hybridized carbons (Fsp3) is 0.269. The number of aryl methyl sites for hydroxylation is 1. The number of fused-ring (bicyclic) bond motifs is 5. The van der Waals surface area contributed by atoms with E-state index in [1.54, 1.807) is 6.92 Å². The second-order valence-electron chi connectivity index (χ2n) is 8.18. The van der Waals surface area contributed by atoms with Gasteiger partial charge in [0.1, 0.15) is 0 Å². The molecule has 1 N–H and O–H groups in total. The van der Waals surface area contributed by atoms with Crippen molar-refractivity contribution in [2.24, 2.45) is 0 Å². The fourth-order valence-corrected chi connectivity index (χ4v) is 4.91. The Labute approximate surface area is 184 Å². The number of hydrogen-bond acceptors (Lipinski definition) is 4. The summed E-state index contributed by atoms with van der Waals surface area (Å²) in [6, 6.07) is 13.2. The van der Waals surface area contributed by atoms with Gasteiger partial charge in [-0.1, -0.05) is 42.5 Å². The van der Waals surface area contributed by atoms with Crippen LogP contribution in [0.5, 0.6) is 0 Å². The Morgan fingerprint density at radius 1 is 1.12 bits per heavy atom. The van der Waals surface area contributed by atoms with Crippen LogP contribution in [0.1, 0.15) is 42.6 Å². The first kappa shape index (κ1) is 20.2. The molecule has 2 aromatic carbocycles. The van der Waals surface area contributed by atoms with Crippen LogP contribution in [0, 0.1) is 0 Å². The molecule has 162 valence electrons. The molecule has 0 spiro atoms. The highest BCUT2D eigenvalue weighted by Gasteiger charge is 2.25. The Morgan fingerprint density at radius 3 is 2.81 bits per heavy atom. The first-order valence-corrected chi connectivity index (χ1v) is 11.0. The fourth-order valence-electron chi connectivity index (χ4n) is 4.91. The van der Waals surface area contributed by atoms with Crippen molar-refractivity contribution in [3.8, 4) is 11.1 Å². The van der Waals surface area contributed by atoms with Gasteiger partial charge < -0.3 is 4.74 Å². The molecule has 1 atom stereocenters. The zero-order valence-corrected chi connectivity index (χ0v) is 17.9. The van der Waals surface area contributed by atoms with Crippen LogP contribution in [0.15, 0.2) is 52.1 Å². The van der Waals surface area contributed by atoms with Crippen LogP contribution in [0.4, 0.5) is 0 Å². The summed E-state index contributed by atoms with van der Waals surface area (Å²) in [6.45, 7) is 1.96. The Bertz CT molecular complexity index is 1460. The molecule has 1 heterocycles.